The van der Waals surface area contributed by atoms with Gasteiger partial charge in [0.2, 0.25) is 0 Å². The van der Waals surface area contributed by atoms with Crippen LogP contribution < -0.4 is 0 Å². The second-order valence-corrected chi connectivity index (χ2v) is 8.26. The van der Waals surface area contributed by atoms with Crippen molar-refractivity contribution in [1.82, 2.24) is 4.90 Å². The average Bonchev–Trinajstić information content (AvgIpc) is 3.10. The molecule has 1 fully saturated rings. The van der Waals surface area contributed by atoms with E-state index in [4.69, 9.17) is 4.42 Å². The summed E-state index contributed by atoms with van der Waals surface area (Å²) < 4.78 is 29.0. The van der Waals surface area contributed by atoms with E-state index in [1.54, 1.807) is 6.26 Å². The summed E-state index contributed by atoms with van der Waals surface area (Å²) in [6.07, 6.45) is 2.36. The molecule has 5 heteroatoms. The highest BCUT2D eigenvalue weighted by Gasteiger charge is 2.32. The van der Waals surface area contributed by atoms with E-state index < -0.39 is 9.84 Å². The fourth-order valence-corrected chi connectivity index (χ4v) is 4.67. The Balaban J connectivity index is 1.78. The molecule has 118 valence electrons. The van der Waals surface area contributed by atoms with Crippen LogP contribution in [-0.2, 0) is 22.9 Å². The Hall–Kier alpha value is -1.59. The average molecular weight is 319 g/mol. The van der Waals surface area contributed by atoms with Gasteiger partial charge in [0.25, 0.3) is 0 Å². The largest absolute Gasteiger partial charge is 0.468 e. The van der Waals surface area contributed by atoms with E-state index in [1.165, 1.54) is 11.1 Å². The summed E-state index contributed by atoms with van der Waals surface area (Å²) in [7, 11) is -2.89. The molecular formula is C17H21NO3S. The number of hydrogen-bond acceptors (Lipinski definition) is 4. The van der Waals surface area contributed by atoms with Gasteiger partial charge in [0, 0.05) is 12.6 Å². The molecule has 2 heterocycles. The summed E-state index contributed by atoms with van der Waals surface area (Å²) in [6, 6.07) is 12.3. The zero-order chi connectivity index (χ0) is 15.6. The molecule has 4 nitrogen and oxygen atoms in total. The lowest BCUT2D eigenvalue weighted by atomic mass is 10.1. The predicted molar refractivity (Wildman–Crippen MR) is 86.2 cm³/mol. The molecule has 0 amide bonds. The van der Waals surface area contributed by atoms with Gasteiger partial charge in [-0.25, -0.2) is 8.42 Å². The number of sulfone groups is 1. The highest BCUT2D eigenvalue weighted by molar-refractivity contribution is 7.91. The molecule has 0 spiro atoms. The van der Waals surface area contributed by atoms with Crippen LogP contribution in [0.3, 0.4) is 0 Å². The van der Waals surface area contributed by atoms with E-state index in [0.29, 0.717) is 18.7 Å². The van der Waals surface area contributed by atoms with Crippen molar-refractivity contribution in [2.24, 2.45) is 0 Å². The highest BCUT2D eigenvalue weighted by Crippen LogP contribution is 2.22. The topological polar surface area (TPSA) is 50.5 Å². The van der Waals surface area contributed by atoms with E-state index in [1.807, 2.05) is 12.1 Å². The Bertz CT molecular complexity index is 705. The van der Waals surface area contributed by atoms with Crippen molar-refractivity contribution in [2.75, 3.05) is 11.5 Å². The van der Waals surface area contributed by atoms with E-state index in [9.17, 15) is 8.42 Å². The van der Waals surface area contributed by atoms with Crippen LogP contribution in [0, 0.1) is 6.92 Å². The first kappa shape index (κ1) is 15.3. The van der Waals surface area contributed by atoms with Crippen molar-refractivity contribution >= 4 is 9.84 Å². The zero-order valence-electron chi connectivity index (χ0n) is 12.7. The Morgan fingerprint density at radius 1 is 1.18 bits per heavy atom. The van der Waals surface area contributed by atoms with Crippen LogP contribution in [0.1, 0.15) is 23.3 Å². The van der Waals surface area contributed by atoms with Gasteiger partial charge < -0.3 is 4.42 Å². The molecule has 1 atom stereocenters. The van der Waals surface area contributed by atoms with E-state index >= 15 is 0 Å². The highest BCUT2D eigenvalue weighted by atomic mass is 32.2. The molecule has 2 aromatic rings. The van der Waals surface area contributed by atoms with Crippen molar-refractivity contribution in [3.63, 3.8) is 0 Å². The lowest BCUT2D eigenvalue weighted by Crippen LogP contribution is -2.35. The standard InChI is InChI=1S/C17H21NO3S/c1-14-4-6-15(7-5-14)11-18(12-17-3-2-9-21-17)16-8-10-22(19,20)13-16/h2-7,9,16H,8,10-13H2,1H3/t16-/m0/s1. The first-order valence-corrected chi connectivity index (χ1v) is 9.36. The molecule has 0 N–H and O–H groups in total. The molecule has 1 aromatic heterocycles. The summed E-state index contributed by atoms with van der Waals surface area (Å²) in [5.74, 6) is 1.41. The van der Waals surface area contributed by atoms with Crippen LogP contribution in [0.5, 0.6) is 0 Å². The Morgan fingerprint density at radius 3 is 2.55 bits per heavy atom. The molecule has 1 aliphatic heterocycles. The molecule has 3 rings (SSSR count). The molecule has 1 saturated heterocycles. The number of hydrogen-bond donors (Lipinski definition) is 0. The molecule has 0 radical (unpaired) electrons. The molecule has 1 aromatic carbocycles. The van der Waals surface area contributed by atoms with Crippen molar-refractivity contribution < 1.29 is 12.8 Å². The third-order valence-electron chi connectivity index (χ3n) is 4.17. The van der Waals surface area contributed by atoms with E-state index in [0.717, 1.165) is 12.3 Å². The van der Waals surface area contributed by atoms with Crippen LogP contribution in [0.25, 0.3) is 0 Å². The molecule has 0 bridgehead atoms. The van der Waals surface area contributed by atoms with Crippen molar-refractivity contribution in [2.45, 2.75) is 32.5 Å². The summed E-state index contributed by atoms with van der Waals surface area (Å²) in [5.41, 5.74) is 2.42. The molecule has 0 aliphatic carbocycles. The molecule has 0 unspecified atom stereocenters. The van der Waals surface area contributed by atoms with Gasteiger partial charge in [0.1, 0.15) is 5.76 Å². The van der Waals surface area contributed by atoms with Gasteiger partial charge >= 0.3 is 0 Å². The van der Waals surface area contributed by atoms with Crippen LogP contribution in [0.15, 0.2) is 47.1 Å². The smallest absolute Gasteiger partial charge is 0.151 e. The fraction of sp³-hybridized carbons (Fsp3) is 0.412. The lowest BCUT2D eigenvalue weighted by Gasteiger charge is -2.27. The third-order valence-corrected chi connectivity index (χ3v) is 5.92. The number of benzene rings is 1. The maximum absolute atomic E-state index is 11.8. The lowest BCUT2D eigenvalue weighted by molar-refractivity contribution is 0.179. The monoisotopic (exact) mass is 319 g/mol. The summed E-state index contributed by atoms with van der Waals surface area (Å²) >= 11 is 0. The first-order valence-electron chi connectivity index (χ1n) is 7.54. The minimum absolute atomic E-state index is 0.0661. The van der Waals surface area contributed by atoms with Gasteiger partial charge in [-0.2, -0.15) is 0 Å². The van der Waals surface area contributed by atoms with Crippen LogP contribution in [0.4, 0.5) is 0 Å². The Morgan fingerprint density at radius 2 is 1.95 bits per heavy atom. The second kappa shape index (κ2) is 6.26. The van der Waals surface area contributed by atoms with Crippen LogP contribution in [-0.4, -0.2) is 30.9 Å². The maximum atomic E-state index is 11.8. The second-order valence-electron chi connectivity index (χ2n) is 6.03. The molecular weight excluding hydrogens is 298 g/mol. The summed E-state index contributed by atoms with van der Waals surface area (Å²) in [4.78, 5) is 2.22. The minimum atomic E-state index is -2.89. The third kappa shape index (κ3) is 3.78. The molecule has 1 aliphatic rings. The minimum Gasteiger partial charge on any atom is -0.468 e. The zero-order valence-corrected chi connectivity index (χ0v) is 13.6. The van der Waals surface area contributed by atoms with Gasteiger partial charge in [-0.05, 0) is 31.0 Å². The van der Waals surface area contributed by atoms with Crippen molar-refractivity contribution in [3.8, 4) is 0 Å². The summed E-state index contributed by atoms with van der Waals surface area (Å²) in [5, 5.41) is 0. The van der Waals surface area contributed by atoms with Gasteiger partial charge in [-0.3, -0.25) is 4.90 Å². The van der Waals surface area contributed by atoms with Crippen molar-refractivity contribution in [3.05, 3.63) is 59.5 Å². The number of nitrogens with zero attached hydrogens (tertiary/aromatic N) is 1. The van der Waals surface area contributed by atoms with E-state index in [-0.39, 0.29) is 11.8 Å². The normalized spacial score (nSPS) is 20.5. The first-order chi connectivity index (χ1) is 10.5. The van der Waals surface area contributed by atoms with Crippen LogP contribution in [0.2, 0.25) is 0 Å². The van der Waals surface area contributed by atoms with Gasteiger partial charge in [0.05, 0.1) is 24.3 Å². The number of furan rings is 1. The SMILES string of the molecule is Cc1ccc(CN(Cc2ccco2)[C@H]2CCS(=O)(=O)C2)cc1. The van der Waals surface area contributed by atoms with Gasteiger partial charge in [-0.15, -0.1) is 0 Å². The van der Waals surface area contributed by atoms with Gasteiger partial charge in [0.15, 0.2) is 9.84 Å². The maximum Gasteiger partial charge on any atom is 0.151 e. The van der Waals surface area contributed by atoms with Gasteiger partial charge in [-0.1, -0.05) is 29.8 Å². The quantitative estimate of drug-likeness (QED) is 0.850. The number of aryl methyl sites for hydroxylation is 1. The Kier molecular flexibility index (Phi) is 4.36. The summed E-state index contributed by atoms with van der Waals surface area (Å²) in [6.45, 7) is 3.44. The molecule has 22 heavy (non-hydrogen) atoms. The molecule has 0 saturated carbocycles. The number of rotatable bonds is 5. The fourth-order valence-electron chi connectivity index (χ4n) is 2.91. The predicted octanol–water partition coefficient (Wildman–Crippen LogP) is 2.78. The van der Waals surface area contributed by atoms with Crippen LogP contribution >= 0.6 is 0 Å². The Labute approximate surface area is 131 Å². The van der Waals surface area contributed by atoms with E-state index in [2.05, 4.69) is 36.1 Å². The van der Waals surface area contributed by atoms with Crippen molar-refractivity contribution in [1.29, 1.82) is 0 Å².